The topological polar surface area (TPSA) is 61.0 Å². The van der Waals surface area contributed by atoms with Gasteiger partial charge in [-0.25, -0.2) is 9.59 Å². The quantitative estimate of drug-likeness (QED) is 0.650. The molecule has 21 heavy (non-hydrogen) atoms. The van der Waals surface area contributed by atoms with Crippen LogP contribution in [0.3, 0.4) is 0 Å². The molecule has 110 valence electrons. The zero-order chi connectivity index (χ0) is 14.8. The molecule has 1 saturated heterocycles. The third kappa shape index (κ3) is 2.97. The summed E-state index contributed by atoms with van der Waals surface area (Å²) in [7, 11) is 2.12. The molecule has 0 aliphatic carbocycles. The van der Waals surface area contributed by atoms with E-state index >= 15 is 0 Å². The molecule has 0 spiro atoms. The monoisotopic (exact) mass is 288 g/mol. The summed E-state index contributed by atoms with van der Waals surface area (Å²) in [6.07, 6.45) is 1.56. The van der Waals surface area contributed by atoms with Crippen molar-refractivity contribution >= 4 is 16.9 Å². The number of nitrogens with one attached hydrogen (secondary N) is 1. The lowest BCUT2D eigenvalue weighted by atomic mass is 10.1. The van der Waals surface area contributed by atoms with Gasteiger partial charge in [-0.15, -0.1) is 0 Å². The van der Waals surface area contributed by atoms with E-state index in [0.29, 0.717) is 5.58 Å². The number of para-hydroxylation sites is 1. The van der Waals surface area contributed by atoms with Gasteiger partial charge in [0.2, 0.25) is 0 Å². The number of hydrogen-bond acceptors (Lipinski definition) is 4. The third-order valence-electron chi connectivity index (χ3n) is 3.92. The molecule has 0 amide bonds. The standard InChI is InChI=1S/C16H17NO4/c1-17-8-6-12(7-9-17)20-15(18)13-10-11-4-2-3-5-14(11)21-16(13)19/h2-5,10,12H,6-9H2,1H3/p+1. The molecule has 3 rings (SSSR count). The molecule has 0 saturated carbocycles. The molecule has 1 aromatic carbocycles. The van der Waals surface area contributed by atoms with Crippen molar-refractivity contribution in [2.75, 3.05) is 20.1 Å². The third-order valence-corrected chi connectivity index (χ3v) is 3.92. The van der Waals surface area contributed by atoms with E-state index in [9.17, 15) is 9.59 Å². The summed E-state index contributed by atoms with van der Waals surface area (Å²) in [6, 6.07) is 8.66. The van der Waals surface area contributed by atoms with E-state index in [4.69, 9.17) is 9.15 Å². The second-order valence-electron chi connectivity index (χ2n) is 5.55. The number of rotatable bonds is 2. The molecule has 0 atom stereocenters. The van der Waals surface area contributed by atoms with Crippen LogP contribution in [0.5, 0.6) is 0 Å². The molecular weight excluding hydrogens is 270 g/mol. The van der Waals surface area contributed by atoms with Gasteiger partial charge < -0.3 is 14.1 Å². The average molecular weight is 288 g/mol. The Balaban J connectivity index is 1.81. The van der Waals surface area contributed by atoms with Gasteiger partial charge in [-0.05, 0) is 12.1 Å². The molecule has 2 heterocycles. The van der Waals surface area contributed by atoms with Gasteiger partial charge in [0, 0.05) is 18.2 Å². The van der Waals surface area contributed by atoms with Gasteiger partial charge >= 0.3 is 11.6 Å². The van der Waals surface area contributed by atoms with Crippen LogP contribution in [0, 0.1) is 0 Å². The Bertz CT molecular complexity index is 714. The van der Waals surface area contributed by atoms with Crippen LogP contribution in [0.25, 0.3) is 11.0 Å². The maximum absolute atomic E-state index is 12.2. The van der Waals surface area contributed by atoms with E-state index in [0.717, 1.165) is 31.3 Å². The summed E-state index contributed by atoms with van der Waals surface area (Å²) in [5.74, 6) is -0.584. The molecule has 1 aliphatic rings. The van der Waals surface area contributed by atoms with E-state index in [1.807, 2.05) is 6.07 Å². The second-order valence-corrected chi connectivity index (χ2v) is 5.55. The molecule has 1 aliphatic heterocycles. The molecule has 5 heteroatoms. The number of fused-ring (bicyclic) bond motifs is 1. The Morgan fingerprint density at radius 3 is 2.76 bits per heavy atom. The van der Waals surface area contributed by atoms with Crippen molar-refractivity contribution in [2.45, 2.75) is 18.9 Å². The first-order chi connectivity index (χ1) is 10.1. The molecule has 1 fully saturated rings. The van der Waals surface area contributed by atoms with E-state index < -0.39 is 11.6 Å². The Labute approximate surface area is 122 Å². The van der Waals surface area contributed by atoms with Crippen molar-refractivity contribution in [2.24, 2.45) is 0 Å². The van der Waals surface area contributed by atoms with E-state index in [1.165, 1.54) is 4.90 Å². The second kappa shape index (κ2) is 5.69. The van der Waals surface area contributed by atoms with Crippen molar-refractivity contribution in [3.63, 3.8) is 0 Å². The number of piperidine rings is 1. The van der Waals surface area contributed by atoms with Crippen molar-refractivity contribution in [1.29, 1.82) is 0 Å². The zero-order valence-electron chi connectivity index (χ0n) is 11.9. The van der Waals surface area contributed by atoms with Gasteiger partial charge in [-0.3, -0.25) is 0 Å². The highest BCUT2D eigenvalue weighted by atomic mass is 16.5. The first kappa shape index (κ1) is 13.8. The molecule has 2 aromatic rings. The highest BCUT2D eigenvalue weighted by Crippen LogP contribution is 2.14. The van der Waals surface area contributed by atoms with Gasteiger partial charge in [-0.2, -0.15) is 0 Å². The van der Waals surface area contributed by atoms with Gasteiger partial charge in [0.05, 0.1) is 20.1 Å². The van der Waals surface area contributed by atoms with Crippen molar-refractivity contribution in [1.82, 2.24) is 0 Å². The smallest absolute Gasteiger partial charge is 0.351 e. The van der Waals surface area contributed by atoms with Crippen LogP contribution in [0.15, 0.2) is 39.5 Å². The van der Waals surface area contributed by atoms with Crippen LogP contribution in [-0.2, 0) is 4.74 Å². The summed E-state index contributed by atoms with van der Waals surface area (Å²) >= 11 is 0. The SMILES string of the molecule is C[NH+]1CCC(OC(=O)c2cc3ccccc3oc2=O)CC1. The Morgan fingerprint density at radius 1 is 1.29 bits per heavy atom. The molecular formula is C16H18NO4+. The van der Waals surface area contributed by atoms with E-state index in [2.05, 4.69) is 7.05 Å². The molecule has 1 N–H and O–H groups in total. The number of carbonyl (C=O) groups is 1. The Morgan fingerprint density at radius 2 is 2.00 bits per heavy atom. The van der Waals surface area contributed by atoms with Crippen molar-refractivity contribution in [3.8, 4) is 0 Å². The molecule has 0 unspecified atom stereocenters. The molecule has 1 aromatic heterocycles. The van der Waals surface area contributed by atoms with Gasteiger partial charge in [0.25, 0.3) is 0 Å². The summed E-state index contributed by atoms with van der Waals surface area (Å²) < 4.78 is 10.6. The summed E-state index contributed by atoms with van der Waals surface area (Å²) in [4.78, 5) is 25.5. The first-order valence-electron chi connectivity index (χ1n) is 7.18. The highest BCUT2D eigenvalue weighted by Gasteiger charge is 2.25. The minimum atomic E-state index is -0.641. The number of likely N-dealkylation sites (tertiary alicyclic amines) is 1. The number of quaternary nitrogens is 1. The van der Waals surface area contributed by atoms with Crippen LogP contribution in [0.2, 0.25) is 0 Å². The fourth-order valence-corrected chi connectivity index (χ4v) is 2.62. The maximum Gasteiger partial charge on any atom is 0.351 e. The number of carbonyl (C=O) groups excluding carboxylic acids is 1. The highest BCUT2D eigenvalue weighted by molar-refractivity contribution is 5.92. The Kier molecular flexibility index (Phi) is 3.75. The van der Waals surface area contributed by atoms with Crippen molar-refractivity contribution < 1.29 is 18.8 Å². The first-order valence-corrected chi connectivity index (χ1v) is 7.18. The van der Waals surface area contributed by atoms with Crippen LogP contribution < -0.4 is 10.5 Å². The maximum atomic E-state index is 12.2. The van der Waals surface area contributed by atoms with Crippen LogP contribution in [0.1, 0.15) is 23.2 Å². The lowest BCUT2D eigenvalue weighted by molar-refractivity contribution is -0.885. The minimum Gasteiger partial charge on any atom is -0.458 e. The van der Waals surface area contributed by atoms with Crippen molar-refractivity contribution in [3.05, 3.63) is 46.3 Å². The lowest BCUT2D eigenvalue weighted by Gasteiger charge is -2.26. The largest absolute Gasteiger partial charge is 0.458 e. The van der Waals surface area contributed by atoms with E-state index in [1.54, 1.807) is 24.3 Å². The van der Waals surface area contributed by atoms with Crippen LogP contribution >= 0.6 is 0 Å². The predicted octanol–water partition coefficient (Wildman–Crippen LogP) is 0.627. The number of esters is 1. The lowest BCUT2D eigenvalue weighted by Crippen LogP contribution is -3.10. The number of benzene rings is 1. The molecule has 5 nitrogen and oxygen atoms in total. The van der Waals surface area contributed by atoms with Gasteiger partial charge in [-0.1, -0.05) is 18.2 Å². The Hall–Kier alpha value is -2.14. The number of hydrogen-bond donors (Lipinski definition) is 1. The molecule has 0 bridgehead atoms. The summed E-state index contributed by atoms with van der Waals surface area (Å²) in [5.41, 5.74) is -0.195. The van der Waals surface area contributed by atoms with Gasteiger partial charge in [0.1, 0.15) is 17.3 Å². The molecule has 0 radical (unpaired) electrons. The fourth-order valence-electron chi connectivity index (χ4n) is 2.62. The zero-order valence-corrected chi connectivity index (χ0v) is 11.9. The minimum absolute atomic E-state index is 0.0278. The van der Waals surface area contributed by atoms with Gasteiger partial charge in [0.15, 0.2) is 0 Å². The normalized spacial score (nSPS) is 22.1. The van der Waals surface area contributed by atoms with Crippen LogP contribution in [-0.4, -0.2) is 32.2 Å². The summed E-state index contributed by atoms with van der Waals surface area (Å²) in [6.45, 7) is 1.95. The predicted molar refractivity (Wildman–Crippen MR) is 77.5 cm³/mol. The average Bonchev–Trinajstić information content (AvgIpc) is 2.49. The van der Waals surface area contributed by atoms with Crippen LogP contribution in [0.4, 0.5) is 0 Å². The van der Waals surface area contributed by atoms with E-state index in [-0.39, 0.29) is 11.7 Å². The number of ether oxygens (including phenoxy) is 1. The summed E-state index contributed by atoms with van der Waals surface area (Å²) in [5, 5.41) is 0.719. The fraction of sp³-hybridized carbons (Fsp3) is 0.375.